The summed E-state index contributed by atoms with van der Waals surface area (Å²) in [5.41, 5.74) is 8.25. The van der Waals surface area contributed by atoms with Gasteiger partial charge in [-0.15, -0.1) is 5.10 Å². The Morgan fingerprint density at radius 1 is 1.23 bits per heavy atom. The van der Waals surface area contributed by atoms with Gasteiger partial charge in [-0.25, -0.2) is 4.98 Å². The molecule has 0 spiro atoms. The second-order valence-electron chi connectivity index (χ2n) is 8.42. The van der Waals surface area contributed by atoms with Crippen molar-refractivity contribution in [3.05, 3.63) is 18.3 Å². The van der Waals surface area contributed by atoms with Gasteiger partial charge in [0.2, 0.25) is 0 Å². The van der Waals surface area contributed by atoms with Crippen LogP contribution in [0.1, 0.15) is 19.8 Å². The maximum Gasteiger partial charge on any atom is 0.171 e. The van der Waals surface area contributed by atoms with Crippen molar-refractivity contribution >= 4 is 28.4 Å². The highest BCUT2D eigenvalue weighted by atomic mass is 16.5. The summed E-state index contributed by atoms with van der Waals surface area (Å²) >= 11 is 0. The number of aromatic amines is 1. The number of rotatable bonds is 3. The number of nitrogens with two attached hydrogens (primary N) is 1. The van der Waals surface area contributed by atoms with E-state index in [-0.39, 0.29) is 18.2 Å². The number of nitrogens with one attached hydrogen (secondary N) is 1. The Kier molecular flexibility index (Phi) is 4.10. The third kappa shape index (κ3) is 2.82. The zero-order valence-corrected chi connectivity index (χ0v) is 17.0. The van der Waals surface area contributed by atoms with E-state index < -0.39 is 0 Å². The molecule has 3 aliphatic heterocycles. The fourth-order valence-corrected chi connectivity index (χ4v) is 4.92. The van der Waals surface area contributed by atoms with Gasteiger partial charge >= 0.3 is 0 Å². The lowest BCUT2D eigenvalue weighted by Gasteiger charge is -2.37. The van der Waals surface area contributed by atoms with Crippen molar-refractivity contribution in [3.8, 4) is 5.82 Å². The zero-order chi connectivity index (χ0) is 20.2. The molecule has 30 heavy (non-hydrogen) atoms. The number of hydrogen-bond acceptors (Lipinski definition) is 8. The van der Waals surface area contributed by atoms with E-state index in [1.807, 2.05) is 6.07 Å². The normalized spacial score (nSPS) is 26.6. The smallest absolute Gasteiger partial charge is 0.171 e. The van der Waals surface area contributed by atoms with Crippen LogP contribution in [-0.4, -0.2) is 76.1 Å². The number of hydrogen-bond donors (Lipinski definition) is 2. The summed E-state index contributed by atoms with van der Waals surface area (Å²) in [5, 5.41) is 12.5. The molecule has 3 saturated heterocycles. The summed E-state index contributed by atoms with van der Waals surface area (Å²) in [6, 6.07) is 4.29. The van der Waals surface area contributed by atoms with Gasteiger partial charge in [-0.3, -0.25) is 5.10 Å². The largest absolute Gasteiger partial charge is 0.382 e. The molecule has 3 fully saturated rings. The molecule has 6 rings (SSSR count). The molecule has 10 nitrogen and oxygen atoms in total. The van der Waals surface area contributed by atoms with Crippen LogP contribution >= 0.6 is 0 Å². The topological polar surface area (TPSA) is 110 Å². The van der Waals surface area contributed by atoms with Gasteiger partial charge in [-0.05, 0) is 19.8 Å². The fourth-order valence-electron chi connectivity index (χ4n) is 4.92. The number of aromatic nitrogens is 5. The predicted octanol–water partition coefficient (Wildman–Crippen LogP) is 1.32. The Labute approximate surface area is 173 Å². The Hall–Kier alpha value is -2.85. The monoisotopic (exact) mass is 410 g/mol. The lowest BCUT2D eigenvalue weighted by atomic mass is 10.1. The standard InChI is InChI=1S/C20H26N8O2/c1-12-11-29-7-6-27(12)17-8-15(26-9-13-2-3-14(10-26)30-13)18-19(21)25-28(20(18)23-17)16-4-5-22-24-16/h4-5,8,12-14H,2-3,6-7,9-11H2,1H3,(H2,21,25)(H,22,24)/t12-,13?,14?/m1/s1. The molecule has 0 aliphatic carbocycles. The van der Waals surface area contributed by atoms with E-state index in [1.54, 1.807) is 10.9 Å². The molecule has 6 heterocycles. The number of pyridine rings is 1. The van der Waals surface area contributed by atoms with E-state index in [2.05, 4.69) is 38.1 Å². The SMILES string of the molecule is C[C@@H]1COCCN1c1cc(N2CC3CCC(C2)O3)c2c(N)nn(-c3ccn[nH]3)c2n1. The summed E-state index contributed by atoms with van der Waals surface area (Å²) < 4.78 is 13.5. The fraction of sp³-hybridized carbons (Fsp3) is 0.550. The van der Waals surface area contributed by atoms with Gasteiger partial charge in [0.1, 0.15) is 5.82 Å². The number of fused-ring (bicyclic) bond motifs is 3. The van der Waals surface area contributed by atoms with Gasteiger partial charge < -0.3 is 25.0 Å². The van der Waals surface area contributed by atoms with Crippen LogP contribution in [0.25, 0.3) is 16.9 Å². The first-order valence-electron chi connectivity index (χ1n) is 10.6. The third-order valence-corrected chi connectivity index (χ3v) is 6.39. The molecule has 2 unspecified atom stereocenters. The van der Waals surface area contributed by atoms with Gasteiger partial charge in [-0.1, -0.05) is 0 Å². The minimum atomic E-state index is 0.248. The van der Waals surface area contributed by atoms with E-state index in [1.165, 1.54) is 0 Å². The van der Waals surface area contributed by atoms with Crippen LogP contribution in [0.4, 0.5) is 17.3 Å². The third-order valence-electron chi connectivity index (χ3n) is 6.39. The zero-order valence-electron chi connectivity index (χ0n) is 17.0. The van der Waals surface area contributed by atoms with Crippen LogP contribution in [0.2, 0.25) is 0 Å². The van der Waals surface area contributed by atoms with Crippen LogP contribution in [0, 0.1) is 0 Å². The lowest BCUT2D eigenvalue weighted by molar-refractivity contribution is 0.0306. The van der Waals surface area contributed by atoms with Crippen molar-refractivity contribution in [2.24, 2.45) is 0 Å². The summed E-state index contributed by atoms with van der Waals surface area (Å²) in [7, 11) is 0. The Morgan fingerprint density at radius 2 is 2.07 bits per heavy atom. The second-order valence-corrected chi connectivity index (χ2v) is 8.42. The van der Waals surface area contributed by atoms with Crippen LogP contribution in [-0.2, 0) is 9.47 Å². The Morgan fingerprint density at radius 3 is 2.80 bits per heavy atom. The molecule has 2 bridgehead atoms. The maximum absolute atomic E-state index is 6.43. The van der Waals surface area contributed by atoms with E-state index in [4.69, 9.17) is 20.2 Å². The Balaban J connectivity index is 1.54. The molecule has 0 saturated carbocycles. The van der Waals surface area contributed by atoms with Crippen LogP contribution in [0.5, 0.6) is 0 Å². The van der Waals surface area contributed by atoms with Crippen LogP contribution in [0.3, 0.4) is 0 Å². The van der Waals surface area contributed by atoms with E-state index >= 15 is 0 Å². The summed E-state index contributed by atoms with van der Waals surface area (Å²) in [4.78, 5) is 9.73. The summed E-state index contributed by atoms with van der Waals surface area (Å²) in [5.74, 6) is 2.14. The lowest BCUT2D eigenvalue weighted by Crippen LogP contribution is -2.45. The number of morpholine rings is 2. The number of H-pyrrole nitrogens is 1. The van der Waals surface area contributed by atoms with E-state index in [0.29, 0.717) is 19.0 Å². The van der Waals surface area contributed by atoms with Gasteiger partial charge in [0.15, 0.2) is 17.3 Å². The first-order chi connectivity index (χ1) is 14.7. The van der Waals surface area contributed by atoms with Gasteiger partial charge in [0.05, 0.1) is 48.7 Å². The number of anilines is 3. The highest BCUT2D eigenvalue weighted by Crippen LogP contribution is 2.38. The molecule has 3 atom stereocenters. The molecule has 3 aromatic heterocycles. The second kappa shape index (κ2) is 6.85. The summed E-state index contributed by atoms with van der Waals surface area (Å²) in [6.45, 7) is 6.09. The summed E-state index contributed by atoms with van der Waals surface area (Å²) in [6.07, 6.45) is 4.49. The number of nitrogen functional groups attached to an aromatic ring is 1. The van der Waals surface area contributed by atoms with Gasteiger partial charge in [-0.2, -0.15) is 9.78 Å². The molecular weight excluding hydrogens is 384 g/mol. The van der Waals surface area contributed by atoms with E-state index in [0.717, 1.165) is 60.8 Å². The molecule has 3 N–H and O–H groups in total. The maximum atomic E-state index is 6.43. The molecule has 3 aliphatic rings. The van der Waals surface area contributed by atoms with E-state index in [9.17, 15) is 0 Å². The average Bonchev–Trinajstić information content (AvgIpc) is 3.47. The average molecular weight is 410 g/mol. The van der Waals surface area contributed by atoms with Crippen molar-refractivity contribution in [3.63, 3.8) is 0 Å². The quantitative estimate of drug-likeness (QED) is 0.665. The molecule has 3 aromatic rings. The van der Waals surface area contributed by atoms with Crippen molar-refractivity contribution in [1.82, 2.24) is 25.0 Å². The van der Waals surface area contributed by atoms with Gasteiger partial charge in [0.25, 0.3) is 0 Å². The van der Waals surface area contributed by atoms with Crippen molar-refractivity contribution < 1.29 is 9.47 Å². The number of nitrogens with zero attached hydrogens (tertiary/aromatic N) is 6. The molecule has 10 heteroatoms. The van der Waals surface area contributed by atoms with Crippen LogP contribution < -0.4 is 15.5 Å². The molecule has 158 valence electrons. The van der Waals surface area contributed by atoms with Gasteiger partial charge in [0, 0.05) is 31.8 Å². The minimum Gasteiger partial charge on any atom is -0.382 e. The molecule has 0 radical (unpaired) electrons. The molecule has 0 aromatic carbocycles. The minimum absolute atomic E-state index is 0.248. The number of ether oxygens (including phenoxy) is 2. The van der Waals surface area contributed by atoms with Crippen LogP contribution in [0.15, 0.2) is 18.3 Å². The first-order valence-corrected chi connectivity index (χ1v) is 10.6. The van der Waals surface area contributed by atoms with Crippen molar-refractivity contribution in [1.29, 1.82) is 0 Å². The highest BCUT2D eigenvalue weighted by Gasteiger charge is 2.36. The molecule has 0 amide bonds. The molecular formula is C20H26N8O2. The van der Waals surface area contributed by atoms with Crippen molar-refractivity contribution in [2.75, 3.05) is 48.4 Å². The predicted molar refractivity (Wildman–Crippen MR) is 113 cm³/mol. The van der Waals surface area contributed by atoms with Crippen molar-refractivity contribution in [2.45, 2.75) is 38.0 Å². The highest BCUT2D eigenvalue weighted by molar-refractivity contribution is 6.00. The first kappa shape index (κ1) is 18.0. The Bertz CT molecular complexity index is 1050.